The van der Waals surface area contributed by atoms with Crippen molar-refractivity contribution in [2.45, 2.75) is 26.8 Å². The van der Waals surface area contributed by atoms with Crippen LogP contribution in [-0.2, 0) is 17.7 Å². The van der Waals surface area contributed by atoms with Crippen molar-refractivity contribution in [2.24, 2.45) is 0 Å². The Balaban J connectivity index is 1.54. The number of morpholine rings is 1. The van der Waals surface area contributed by atoms with Crippen molar-refractivity contribution >= 4 is 31.1 Å². The molecular formula is C26H28N5O2P. The van der Waals surface area contributed by atoms with Gasteiger partial charge in [-0.15, -0.1) is 9.24 Å². The van der Waals surface area contributed by atoms with E-state index in [1.165, 1.54) is 10.2 Å². The van der Waals surface area contributed by atoms with Crippen LogP contribution in [0.5, 0.6) is 0 Å². The SMILES string of the molecule is CCn1nc(Cc2cc(-c3ncnc4cc(N5CCOCC5)ccc34)c(P)cc2C)ccc1=O. The molecule has 0 aliphatic carbocycles. The molecule has 0 saturated carbocycles. The predicted octanol–water partition coefficient (Wildman–Crippen LogP) is 3.11. The molecule has 0 spiro atoms. The van der Waals surface area contributed by atoms with Crippen LogP contribution in [0, 0.1) is 6.92 Å². The molecule has 0 N–H and O–H groups in total. The third-order valence-corrected chi connectivity index (χ3v) is 6.83. The molecule has 5 rings (SSSR count). The summed E-state index contributed by atoms with van der Waals surface area (Å²) in [6, 6.07) is 14.2. The first-order chi connectivity index (χ1) is 16.5. The molecule has 1 atom stereocenters. The molecule has 1 fully saturated rings. The summed E-state index contributed by atoms with van der Waals surface area (Å²) in [5.41, 5.74) is 7.19. The molecule has 174 valence electrons. The summed E-state index contributed by atoms with van der Waals surface area (Å²) in [7, 11) is 2.85. The normalized spacial score (nSPS) is 14.0. The highest BCUT2D eigenvalue weighted by molar-refractivity contribution is 7.28. The Morgan fingerprint density at radius 2 is 1.88 bits per heavy atom. The molecule has 0 bridgehead atoms. The van der Waals surface area contributed by atoms with Crippen molar-refractivity contribution in [3.8, 4) is 11.3 Å². The number of nitrogens with zero attached hydrogens (tertiary/aromatic N) is 5. The first kappa shape index (κ1) is 22.6. The van der Waals surface area contributed by atoms with Crippen LogP contribution >= 0.6 is 9.24 Å². The van der Waals surface area contributed by atoms with E-state index < -0.39 is 0 Å². The van der Waals surface area contributed by atoms with Crippen molar-refractivity contribution in [2.75, 3.05) is 31.2 Å². The van der Waals surface area contributed by atoms with E-state index in [2.05, 4.69) is 66.5 Å². The summed E-state index contributed by atoms with van der Waals surface area (Å²) in [6.07, 6.45) is 2.29. The molecule has 8 heteroatoms. The number of hydrogen-bond acceptors (Lipinski definition) is 6. The summed E-state index contributed by atoms with van der Waals surface area (Å²) in [4.78, 5) is 23.5. The Morgan fingerprint density at radius 1 is 1.06 bits per heavy atom. The van der Waals surface area contributed by atoms with Gasteiger partial charge in [-0.25, -0.2) is 14.6 Å². The highest BCUT2D eigenvalue weighted by Crippen LogP contribution is 2.30. The number of aromatic nitrogens is 4. The average molecular weight is 474 g/mol. The fraction of sp³-hybridized carbons (Fsp3) is 0.308. The highest BCUT2D eigenvalue weighted by atomic mass is 31.0. The zero-order valence-corrected chi connectivity index (χ0v) is 20.6. The Morgan fingerprint density at radius 3 is 2.68 bits per heavy atom. The van der Waals surface area contributed by atoms with Gasteiger partial charge in [0.05, 0.1) is 30.1 Å². The van der Waals surface area contributed by atoms with Gasteiger partial charge < -0.3 is 9.64 Å². The first-order valence-corrected chi connectivity index (χ1v) is 12.1. The molecule has 1 saturated heterocycles. The molecule has 1 aliphatic heterocycles. The van der Waals surface area contributed by atoms with Crippen molar-refractivity contribution < 1.29 is 4.74 Å². The number of hydrogen-bond donors (Lipinski definition) is 0. The third-order valence-electron chi connectivity index (χ3n) is 6.35. The minimum absolute atomic E-state index is 0.0760. The summed E-state index contributed by atoms with van der Waals surface area (Å²) < 4.78 is 6.99. The van der Waals surface area contributed by atoms with Gasteiger partial charge in [0, 0.05) is 48.8 Å². The van der Waals surface area contributed by atoms with Gasteiger partial charge in [-0.3, -0.25) is 4.79 Å². The molecule has 1 unspecified atom stereocenters. The van der Waals surface area contributed by atoms with Gasteiger partial charge in [0.2, 0.25) is 0 Å². The lowest BCUT2D eigenvalue weighted by atomic mass is 9.97. The Kier molecular flexibility index (Phi) is 6.40. The van der Waals surface area contributed by atoms with Crippen LogP contribution in [-0.4, -0.2) is 46.1 Å². The van der Waals surface area contributed by atoms with Crippen LogP contribution in [0.2, 0.25) is 0 Å². The largest absolute Gasteiger partial charge is 0.378 e. The van der Waals surface area contributed by atoms with Crippen LogP contribution in [0.4, 0.5) is 5.69 Å². The van der Waals surface area contributed by atoms with E-state index in [1.807, 2.05) is 13.0 Å². The highest BCUT2D eigenvalue weighted by Gasteiger charge is 2.16. The van der Waals surface area contributed by atoms with Crippen LogP contribution in [0.15, 0.2) is 53.6 Å². The van der Waals surface area contributed by atoms with E-state index in [4.69, 9.17) is 4.74 Å². The monoisotopic (exact) mass is 473 g/mol. The standard InChI is InChI=1S/C26H28N5O2P/c1-3-31-25(32)7-4-19(29-31)13-18-14-22(24(34)12-17(18)2)26-21-6-5-20(15-23(21)27-16-28-26)30-8-10-33-11-9-30/h4-7,12,14-16H,3,8-11,13,34H2,1-2H3. The van der Waals surface area contributed by atoms with Crippen molar-refractivity contribution in [3.05, 3.63) is 76.0 Å². The zero-order valence-electron chi connectivity index (χ0n) is 19.5. The molecule has 3 heterocycles. The molecule has 7 nitrogen and oxygen atoms in total. The van der Waals surface area contributed by atoms with Gasteiger partial charge in [0.1, 0.15) is 6.33 Å². The second-order valence-electron chi connectivity index (χ2n) is 8.54. The maximum absolute atomic E-state index is 11.9. The van der Waals surface area contributed by atoms with Crippen LogP contribution in [0.3, 0.4) is 0 Å². The van der Waals surface area contributed by atoms with Gasteiger partial charge in [-0.05, 0) is 60.6 Å². The summed E-state index contributed by atoms with van der Waals surface area (Å²) in [6.45, 7) is 7.87. The van der Waals surface area contributed by atoms with Gasteiger partial charge in [-0.2, -0.15) is 5.10 Å². The molecular weight excluding hydrogens is 445 g/mol. The lowest BCUT2D eigenvalue weighted by molar-refractivity contribution is 0.122. The minimum Gasteiger partial charge on any atom is -0.378 e. The van der Waals surface area contributed by atoms with Gasteiger partial charge in [0.15, 0.2) is 0 Å². The fourth-order valence-electron chi connectivity index (χ4n) is 4.46. The maximum Gasteiger partial charge on any atom is 0.266 e. The topological polar surface area (TPSA) is 73.1 Å². The maximum atomic E-state index is 11.9. The van der Waals surface area contributed by atoms with E-state index >= 15 is 0 Å². The second-order valence-corrected chi connectivity index (χ2v) is 9.17. The number of anilines is 1. The number of aryl methyl sites for hydroxylation is 2. The Hall–Kier alpha value is -3.15. The number of rotatable bonds is 5. The first-order valence-electron chi connectivity index (χ1n) is 11.6. The molecule has 2 aromatic carbocycles. The smallest absolute Gasteiger partial charge is 0.266 e. The van der Waals surface area contributed by atoms with E-state index in [-0.39, 0.29) is 5.56 Å². The molecule has 4 aromatic rings. The quantitative estimate of drug-likeness (QED) is 0.415. The predicted molar refractivity (Wildman–Crippen MR) is 139 cm³/mol. The van der Waals surface area contributed by atoms with Crippen LogP contribution in [0.1, 0.15) is 23.7 Å². The minimum atomic E-state index is -0.0760. The van der Waals surface area contributed by atoms with E-state index in [0.717, 1.165) is 70.7 Å². The summed E-state index contributed by atoms with van der Waals surface area (Å²) >= 11 is 0. The lowest BCUT2D eigenvalue weighted by Crippen LogP contribution is -2.36. The van der Waals surface area contributed by atoms with E-state index in [9.17, 15) is 4.79 Å². The van der Waals surface area contributed by atoms with Gasteiger partial charge in [0.25, 0.3) is 5.56 Å². The van der Waals surface area contributed by atoms with Crippen LogP contribution < -0.4 is 15.8 Å². The number of ether oxygens (including phenoxy) is 1. The second kappa shape index (κ2) is 9.61. The van der Waals surface area contributed by atoms with Crippen molar-refractivity contribution in [1.29, 1.82) is 0 Å². The van der Waals surface area contributed by atoms with E-state index in [1.54, 1.807) is 12.4 Å². The van der Waals surface area contributed by atoms with Gasteiger partial charge in [-0.1, -0.05) is 6.07 Å². The summed E-state index contributed by atoms with van der Waals surface area (Å²) in [5, 5.41) is 6.63. The van der Waals surface area contributed by atoms with E-state index in [0.29, 0.717) is 13.0 Å². The van der Waals surface area contributed by atoms with Crippen LogP contribution in [0.25, 0.3) is 22.2 Å². The zero-order chi connectivity index (χ0) is 23.7. The molecule has 0 radical (unpaired) electrons. The molecule has 2 aromatic heterocycles. The fourth-order valence-corrected chi connectivity index (χ4v) is 4.93. The number of fused-ring (bicyclic) bond motifs is 1. The number of benzene rings is 2. The molecule has 34 heavy (non-hydrogen) atoms. The van der Waals surface area contributed by atoms with Gasteiger partial charge >= 0.3 is 0 Å². The third kappa shape index (κ3) is 4.46. The molecule has 1 aliphatic rings. The lowest BCUT2D eigenvalue weighted by Gasteiger charge is -2.29. The Bertz CT molecular complexity index is 1410. The van der Waals surface area contributed by atoms with Crippen molar-refractivity contribution in [1.82, 2.24) is 19.7 Å². The summed E-state index contributed by atoms with van der Waals surface area (Å²) in [5.74, 6) is 0. The van der Waals surface area contributed by atoms with Crippen molar-refractivity contribution in [3.63, 3.8) is 0 Å². The average Bonchev–Trinajstić information content (AvgIpc) is 2.86. The Labute approximate surface area is 201 Å². The molecule has 0 amide bonds.